The van der Waals surface area contributed by atoms with Gasteiger partial charge in [0.1, 0.15) is 0 Å². The highest BCUT2D eigenvalue weighted by atomic mass is 16.1. The molecule has 0 fully saturated rings. The average Bonchev–Trinajstić information content (AvgIpc) is 3.10. The predicted molar refractivity (Wildman–Crippen MR) is 103 cm³/mol. The lowest BCUT2D eigenvalue weighted by Gasteiger charge is -2.02. The zero-order valence-corrected chi connectivity index (χ0v) is 13.9. The first-order valence-electron chi connectivity index (χ1n) is 8.21. The van der Waals surface area contributed by atoms with Crippen molar-refractivity contribution in [2.45, 2.75) is 0 Å². The number of rotatable bonds is 2. The maximum atomic E-state index is 12.1. The summed E-state index contributed by atoms with van der Waals surface area (Å²) in [6, 6.07) is 25.4. The Morgan fingerprint density at radius 2 is 1.62 bits per heavy atom. The van der Waals surface area contributed by atoms with E-state index in [1.165, 1.54) is 0 Å². The van der Waals surface area contributed by atoms with Crippen LogP contribution in [-0.4, -0.2) is 16.1 Å². The van der Waals surface area contributed by atoms with Crippen molar-refractivity contribution in [1.29, 1.82) is 0 Å². The first-order valence-corrected chi connectivity index (χ1v) is 8.21. The molecule has 2 N–H and O–H groups in total. The van der Waals surface area contributed by atoms with Gasteiger partial charge in [0, 0.05) is 16.9 Å². The zero-order chi connectivity index (χ0) is 17.8. The molecule has 0 atom stereocenters. The molecule has 26 heavy (non-hydrogen) atoms. The largest absolute Gasteiger partial charge is 0.301 e. The molecule has 0 radical (unpaired) electrons. The molecule has 0 aliphatic carbocycles. The number of carbonyl (C=O) groups excluding carboxylic acids is 1. The van der Waals surface area contributed by atoms with Gasteiger partial charge in [-0.3, -0.25) is 15.2 Å². The van der Waals surface area contributed by atoms with Crippen LogP contribution in [0.4, 0.5) is 5.82 Å². The van der Waals surface area contributed by atoms with E-state index < -0.39 is 5.91 Å². The SMILES string of the molecule is O=C(C#Cc1ccccc1)Nc1n[nH]c2ccc(-c3ccccc3)cc12. The van der Waals surface area contributed by atoms with E-state index in [-0.39, 0.29) is 0 Å². The van der Waals surface area contributed by atoms with Gasteiger partial charge >= 0.3 is 5.91 Å². The molecule has 0 saturated heterocycles. The Morgan fingerprint density at radius 3 is 2.38 bits per heavy atom. The summed E-state index contributed by atoms with van der Waals surface area (Å²) in [4.78, 5) is 12.1. The first-order chi connectivity index (χ1) is 12.8. The van der Waals surface area contributed by atoms with Crippen LogP contribution < -0.4 is 5.32 Å². The number of nitrogens with one attached hydrogen (secondary N) is 2. The molecule has 0 unspecified atom stereocenters. The van der Waals surface area contributed by atoms with Crippen LogP contribution in [0.2, 0.25) is 0 Å². The van der Waals surface area contributed by atoms with Crippen molar-refractivity contribution in [3.05, 3.63) is 84.4 Å². The fraction of sp³-hybridized carbons (Fsp3) is 0. The monoisotopic (exact) mass is 337 g/mol. The molecule has 0 spiro atoms. The molecule has 1 aromatic heterocycles. The van der Waals surface area contributed by atoms with Crippen molar-refractivity contribution in [2.75, 3.05) is 5.32 Å². The third kappa shape index (κ3) is 3.33. The second-order valence-electron chi connectivity index (χ2n) is 5.77. The third-order valence-electron chi connectivity index (χ3n) is 4.00. The van der Waals surface area contributed by atoms with Gasteiger partial charge < -0.3 is 0 Å². The minimum Gasteiger partial charge on any atom is -0.298 e. The quantitative estimate of drug-likeness (QED) is 0.538. The van der Waals surface area contributed by atoms with E-state index in [1.54, 1.807) is 0 Å². The third-order valence-corrected chi connectivity index (χ3v) is 4.00. The minimum absolute atomic E-state index is 0.396. The van der Waals surface area contributed by atoms with Gasteiger partial charge in [-0.1, -0.05) is 60.5 Å². The Kier molecular flexibility index (Phi) is 4.19. The number of fused-ring (bicyclic) bond motifs is 1. The van der Waals surface area contributed by atoms with Gasteiger partial charge in [0.15, 0.2) is 5.82 Å². The summed E-state index contributed by atoms with van der Waals surface area (Å²) in [6.45, 7) is 0. The number of carbonyl (C=O) groups is 1. The Bertz CT molecular complexity index is 1120. The smallest absolute Gasteiger partial charge is 0.298 e. The number of hydrogen-bond acceptors (Lipinski definition) is 2. The van der Waals surface area contributed by atoms with Crippen LogP contribution in [0.5, 0.6) is 0 Å². The maximum Gasteiger partial charge on any atom is 0.301 e. The van der Waals surface area contributed by atoms with Crippen LogP contribution in [0.25, 0.3) is 22.0 Å². The Hall–Kier alpha value is -3.84. The first kappa shape index (κ1) is 15.7. The fourth-order valence-electron chi connectivity index (χ4n) is 2.71. The number of benzene rings is 3. The minimum atomic E-state index is -0.396. The van der Waals surface area contributed by atoms with E-state index >= 15 is 0 Å². The van der Waals surface area contributed by atoms with Crippen molar-refractivity contribution < 1.29 is 4.79 Å². The number of amides is 1. The predicted octanol–water partition coefficient (Wildman–Crippen LogP) is 4.22. The lowest BCUT2D eigenvalue weighted by molar-refractivity contribution is -0.111. The van der Waals surface area contributed by atoms with Gasteiger partial charge in [-0.2, -0.15) is 5.10 Å². The second-order valence-corrected chi connectivity index (χ2v) is 5.77. The van der Waals surface area contributed by atoms with E-state index in [4.69, 9.17) is 0 Å². The summed E-state index contributed by atoms with van der Waals surface area (Å²) in [5.41, 5.74) is 3.82. The Labute approximate surface area is 150 Å². The lowest BCUT2D eigenvalue weighted by Crippen LogP contribution is -2.09. The fourth-order valence-corrected chi connectivity index (χ4v) is 2.71. The number of aromatic nitrogens is 2. The number of H-pyrrole nitrogens is 1. The Morgan fingerprint density at radius 1 is 0.885 bits per heavy atom. The van der Waals surface area contributed by atoms with E-state index in [0.717, 1.165) is 27.6 Å². The van der Waals surface area contributed by atoms with Gasteiger partial charge in [-0.05, 0) is 35.4 Å². The second kappa shape index (κ2) is 6.96. The summed E-state index contributed by atoms with van der Waals surface area (Å²) >= 11 is 0. The highest BCUT2D eigenvalue weighted by Crippen LogP contribution is 2.27. The topological polar surface area (TPSA) is 57.8 Å². The Balaban J connectivity index is 1.61. The van der Waals surface area contributed by atoms with Crippen molar-refractivity contribution in [3.8, 4) is 23.0 Å². The standard InChI is InChI=1S/C22H15N3O/c26-21(14-11-16-7-3-1-4-8-16)23-22-19-15-18(12-13-20(19)24-25-22)17-9-5-2-6-10-17/h1-10,12-13,15H,(H2,23,24,25,26). The van der Waals surface area contributed by atoms with Gasteiger partial charge in [0.25, 0.3) is 0 Å². The molecule has 1 amide bonds. The molecular formula is C22H15N3O. The summed E-state index contributed by atoms with van der Waals surface area (Å²) in [5, 5.41) is 10.7. The van der Waals surface area contributed by atoms with Gasteiger partial charge in [0.05, 0.1) is 5.52 Å². The van der Waals surface area contributed by atoms with Crippen LogP contribution in [0.3, 0.4) is 0 Å². The number of aromatic amines is 1. The van der Waals surface area contributed by atoms with Crippen molar-refractivity contribution >= 4 is 22.6 Å². The zero-order valence-electron chi connectivity index (χ0n) is 13.9. The summed E-state index contributed by atoms with van der Waals surface area (Å²) < 4.78 is 0. The van der Waals surface area contributed by atoms with Crippen molar-refractivity contribution in [1.82, 2.24) is 10.2 Å². The number of anilines is 1. The highest BCUT2D eigenvalue weighted by Gasteiger charge is 2.09. The molecule has 0 aliphatic rings. The van der Waals surface area contributed by atoms with Gasteiger partial charge in [0.2, 0.25) is 0 Å². The van der Waals surface area contributed by atoms with Crippen molar-refractivity contribution in [2.24, 2.45) is 0 Å². The van der Waals surface area contributed by atoms with E-state index in [9.17, 15) is 4.79 Å². The van der Waals surface area contributed by atoms with Crippen LogP contribution in [-0.2, 0) is 4.79 Å². The van der Waals surface area contributed by atoms with E-state index in [1.807, 2.05) is 78.9 Å². The number of hydrogen-bond donors (Lipinski definition) is 2. The molecule has 4 aromatic rings. The molecular weight excluding hydrogens is 322 g/mol. The molecule has 0 bridgehead atoms. The molecule has 3 aromatic carbocycles. The molecule has 4 nitrogen and oxygen atoms in total. The summed E-state index contributed by atoms with van der Waals surface area (Å²) in [7, 11) is 0. The van der Waals surface area contributed by atoms with E-state index in [0.29, 0.717) is 5.82 Å². The van der Waals surface area contributed by atoms with Crippen LogP contribution in [0, 0.1) is 11.8 Å². The van der Waals surface area contributed by atoms with Crippen LogP contribution in [0.1, 0.15) is 5.56 Å². The van der Waals surface area contributed by atoms with Gasteiger partial charge in [-0.25, -0.2) is 0 Å². The summed E-state index contributed by atoms with van der Waals surface area (Å²) in [5.74, 6) is 5.52. The van der Waals surface area contributed by atoms with Crippen LogP contribution >= 0.6 is 0 Å². The number of nitrogens with zero attached hydrogens (tertiary/aromatic N) is 1. The average molecular weight is 337 g/mol. The lowest BCUT2D eigenvalue weighted by atomic mass is 10.0. The highest BCUT2D eigenvalue weighted by molar-refractivity contribution is 6.08. The molecule has 4 rings (SSSR count). The van der Waals surface area contributed by atoms with Gasteiger partial charge in [-0.15, -0.1) is 0 Å². The molecule has 0 aliphatic heterocycles. The maximum absolute atomic E-state index is 12.1. The van der Waals surface area contributed by atoms with Crippen LogP contribution in [0.15, 0.2) is 78.9 Å². The summed E-state index contributed by atoms with van der Waals surface area (Å²) in [6.07, 6.45) is 0. The van der Waals surface area contributed by atoms with Crippen molar-refractivity contribution in [3.63, 3.8) is 0 Å². The molecule has 124 valence electrons. The van der Waals surface area contributed by atoms with E-state index in [2.05, 4.69) is 27.4 Å². The molecule has 0 saturated carbocycles. The molecule has 1 heterocycles. The normalized spacial score (nSPS) is 10.2. The molecule has 4 heteroatoms.